The van der Waals surface area contributed by atoms with E-state index in [2.05, 4.69) is 4.98 Å². The van der Waals surface area contributed by atoms with E-state index in [9.17, 15) is 9.59 Å². The number of ether oxygens (including phenoxy) is 1. The number of aromatic nitrogens is 2. The molecule has 142 valence electrons. The summed E-state index contributed by atoms with van der Waals surface area (Å²) in [5.74, 6) is -0.636. The average molecular weight is 383 g/mol. The number of H-pyrrole nitrogens is 1. The molecule has 0 saturated carbocycles. The van der Waals surface area contributed by atoms with Gasteiger partial charge < -0.3 is 14.3 Å². The van der Waals surface area contributed by atoms with Gasteiger partial charge in [0.1, 0.15) is 6.10 Å². The third-order valence-corrected chi connectivity index (χ3v) is 5.69. The predicted molar refractivity (Wildman–Crippen MR) is 110 cm³/mol. The van der Waals surface area contributed by atoms with Crippen LogP contribution in [-0.2, 0) is 21.4 Å². The molecule has 2 aromatic heterocycles. The van der Waals surface area contributed by atoms with E-state index in [4.69, 9.17) is 4.74 Å². The summed E-state index contributed by atoms with van der Waals surface area (Å²) in [5.41, 5.74) is 4.46. The van der Waals surface area contributed by atoms with E-state index >= 15 is 0 Å². The lowest BCUT2D eigenvalue weighted by atomic mass is 10.1. The van der Waals surface area contributed by atoms with E-state index in [0.29, 0.717) is 17.9 Å². The third-order valence-electron chi connectivity index (χ3n) is 5.69. The SMILES string of the molecule is Cn1cc(C2=CC(=O)N(c3c(C4CO4)[nH]c4ccccc34)C2=O)c2ccccc21. The molecule has 1 fully saturated rings. The summed E-state index contributed by atoms with van der Waals surface area (Å²) in [6.45, 7) is 0.583. The van der Waals surface area contributed by atoms with Crippen molar-refractivity contribution in [3.05, 3.63) is 72.1 Å². The Labute approximate surface area is 166 Å². The summed E-state index contributed by atoms with van der Waals surface area (Å²) in [5, 5.41) is 1.79. The second-order valence-corrected chi connectivity index (χ2v) is 7.46. The molecule has 2 aliphatic heterocycles. The normalized spacial score (nSPS) is 18.9. The molecule has 1 N–H and O–H groups in total. The van der Waals surface area contributed by atoms with Crippen LogP contribution in [0.1, 0.15) is 17.4 Å². The van der Waals surface area contributed by atoms with Gasteiger partial charge in [-0.15, -0.1) is 0 Å². The van der Waals surface area contributed by atoms with Crippen LogP contribution >= 0.6 is 0 Å². The van der Waals surface area contributed by atoms with E-state index in [1.807, 2.05) is 66.3 Å². The molecule has 0 bridgehead atoms. The number of amides is 2. The smallest absolute Gasteiger partial charge is 0.266 e. The maximum absolute atomic E-state index is 13.5. The first-order chi connectivity index (χ1) is 14.1. The molecule has 6 nitrogen and oxygen atoms in total. The van der Waals surface area contributed by atoms with Gasteiger partial charge in [0.25, 0.3) is 11.8 Å². The molecule has 1 saturated heterocycles. The first-order valence-electron chi connectivity index (χ1n) is 9.50. The topological polar surface area (TPSA) is 70.6 Å². The van der Waals surface area contributed by atoms with Crippen LogP contribution in [0.5, 0.6) is 0 Å². The molecule has 0 radical (unpaired) electrons. The first kappa shape index (κ1) is 16.3. The molecule has 0 spiro atoms. The van der Waals surface area contributed by atoms with Crippen molar-refractivity contribution in [2.24, 2.45) is 7.05 Å². The van der Waals surface area contributed by atoms with Gasteiger partial charge >= 0.3 is 0 Å². The molecule has 2 aromatic carbocycles. The number of hydrogen-bond acceptors (Lipinski definition) is 3. The highest BCUT2D eigenvalue weighted by Gasteiger charge is 2.40. The number of nitrogens with one attached hydrogen (secondary N) is 1. The number of hydrogen-bond donors (Lipinski definition) is 1. The number of benzene rings is 2. The summed E-state index contributed by atoms with van der Waals surface area (Å²) >= 11 is 0. The molecular weight excluding hydrogens is 366 g/mol. The zero-order valence-corrected chi connectivity index (χ0v) is 15.7. The van der Waals surface area contributed by atoms with Crippen LogP contribution in [0.4, 0.5) is 5.69 Å². The Morgan fingerprint density at radius 3 is 2.55 bits per heavy atom. The number of nitrogens with zero attached hydrogens (tertiary/aromatic N) is 2. The monoisotopic (exact) mass is 383 g/mol. The van der Waals surface area contributed by atoms with Gasteiger partial charge in [0.2, 0.25) is 0 Å². The fourth-order valence-corrected chi connectivity index (χ4v) is 4.27. The van der Waals surface area contributed by atoms with Gasteiger partial charge in [0.05, 0.1) is 23.6 Å². The minimum Gasteiger partial charge on any atom is -0.366 e. The standard InChI is InChI=1S/C23H17N3O3/c1-25-11-16(13-6-3-5-9-18(13)25)15-10-20(27)26(23(15)28)22-14-7-2-4-8-17(14)24-21(22)19-12-29-19/h2-11,19,24H,12H2,1H3. The molecule has 0 aliphatic carbocycles. The van der Waals surface area contributed by atoms with Crippen molar-refractivity contribution in [2.75, 3.05) is 11.5 Å². The average Bonchev–Trinajstić information content (AvgIpc) is 3.36. The van der Waals surface area contributed by atoms with Crippen LogP contribution < -0.4 is 4.90 Å². The Morgan fingerprint density at radius 2 is 1.76 bits per heavy atom. The van der Waals surface area contributed by atoms with Crippen LogP contribution in [0.15, 0.2) is 60.8 Å². The molecule has 4 aromatic rings. The minimum atomic E-state index is -0.329. The molecule has 1 atom stereocenters. The van der Waals surface area contributed by atoms with Crippen molar-refractivity contribution < 1.29 is 14.3 Å². The van der Waals surface area contributed by atoms with E-state index in [0.717, 1.165) is 33.1 Å². The van der Waals surface area contributed by atoms with Crippen molar-refractivity contribution >= 4 is 44.9 Å². The maximum atomic E-state index is 13.5. The van der Waals surface area contributed by atoms with E-state index in [-0.39, 0.29) is 17.9 Å². The largest absolute Gasteiger partial charge is 0.366 e. The summed E-state index contributed by atoms with van der Waals surface area (Å²) in [6.07, 6.45) is 3.24. The van der Waals surface area contributed by atoms with Crippen molar-refractivity contribution in [1.82, 2.24) is 9.55 Å². The lowest BCUT2D eigenvalue weighted by Gasteiger charge is -2.16. The Kier molecular flexibility index (Phi) is 3.20. The van der Waals surface area contributed by atoms with E-state index < -0.39 is 0 Å². The number of carbonyl (C=O) groups excluding carboxylic acids is 2. The second kappa shape index (κ2) is 5.68. The van der Waals surface area contributed by atoms with Crippen LogP contribution in [0, 0.1) is 0 Å². The van der Waals surface area contributed by atoms with Crippen molar-refractivity contribution in [3.8, 4) is 0 Å². The van der Waals surface area contributed by atoms with Gasteiger partial charge in [-0.1, -0.05) is 36.4 Å². The zero-order chi connectivity index (χ0) is 19.7. The lowest BCUT2D eigenvalue weighted by Crippen LogP contribution is -2.31. The molecule has 1 unspecified atom stereocenters. The fraction of sp³-hybridized carbons (Fsp3) is 0.130. The number of epoxide rings is 1. The highest BCUT2D eigenvalue weighted by molar-refractivity contribution is 6.45. The minimum absolute atomic E-state index is 0.111. The van der Waals surface area contributed by atoms with E-state index in [1.54, 1.807) is 0 Å². The molecule has 6 rings (SSSR count). The summed E-state index contributed by atoms with van der Waals surface area (Å²) in [4.78, 5) is 31.1. The Hall–Kier alpha value is -3.64. The number of para-hydroxylation sites is 2. The molecular formula is C23H17N3O3. The van der Waals surface area contributed by atoms with Crippen LogP contribution in [0.25, 0.3) is 27.4 Å². The number of aromatic amines is 1. The summed E-state index contributed by atoms with van der Waals surface area (Å²) in [7, 11) is 1.94. The van der Waals surface area contributed by atoms with E-state index in [1.165, 1.54) is 11.0 Å². The van der Waals surface area contributed by atoms with Crippen LogP contribution in [0.2, 0.25) is 0 Å². The van der Waals surface area contributed by atoms with Gasteiger partial charge in [0.15, 0.2) is 0 Å². The molecule has 29 heavy (non-hydrogen) atoms. The summed E-state index contributed by atoms with van der Waals surface area (Å²) in [6, 6.07) is 15.6. The lowest BCUT2D eigenvalue weighted by molar-refractivity contribution is -0.119. The van der Waals surface area contributed by atoms with Crippen LogP contribution in [0.3, 0.4) is 0 Å². The number of fused-ring (bicyclic) bond motifs is 2. The van der Waals surface area contributed by atoms with Gasteiger partial charge in [-0.3, -0.25) is 9.59 Å². The molecule has 2 amide bonds. The van der Waals surface area contributed by atoms with Gasteiger partial charge in [0, 0.05) is 46.7 Å². The van der Waals surface area contributed by atoms with Crippen molar-refractivity contribution in [3.63, 3.8) is 0 Å². The van der Waals surface area contributed by atoms with Gasteiger partial charge in [-0.2, -0.15) is 0 Å². The Morgan fingerprint density at radius 1 is 1.03 bits per heavy atom. The number of imide groups is 1. The molecule has 4 heterocycles. The Bertz CT molecular complexity index is 1370. The summed E-state index contributed by atoms with van der Waals surface area (Å²) < 4.78 is 7.44. The second-order valence-electron chi connectivity index (χ2n) is 7.46. The number of aryl methyl sites for hydroxylation is 1. The number of carbonyl (C=O) groups is 2. The number of rotatable bonds is 3. The van der Waals surface area contributed by atoms with Crippen molar-refractivity contribution in [1.29, 1.82) is 0 Å². The third kappa shape index (κ3) is 2.26. The van der Waals surface area contributed by atoms with Gasteiger partial charge in [-0.25, -0.2) is 4.90 Å². The highest BCUT2D eigenvalue weighted by atomic mass is 16.6. The maximum Gasteiger partial charge on any atom is 0.266 e. The first-order valence-corrected chi connectivity index (χ1v) is 9.50. The zero-order valence-electron chi connectivity index (χ0n) is 15.7. The number of anilines is 1. The predicted octanol–water partition coefficient (Wildman–Crippen LogP) is 3.69. The van der Waals surface area contributed by atoms with Crippen LogP contribution in [-0.4, -0.2) is 28.0 Å². The fourth-order valence-electron chi connectivity index (χ4n) is 4.27. The van der Waals surface area contributed by atoms with Crippen molar-refractivity contribution in [2.45, 2.75) is 6.10 Å². The van der Waals surface area contributed by atoms with Gasteiger partial charge in [-0.05, 0) is 12.1 Å². The molecule has 6 heteroatoms. The highest BCUT2D eigenvalue weighted by Crippen LogP contribution is 2.43. The Balaban J connectivity index is 1.51. The molecule has 2 aliphatic rings. The quantitative estimate of drug-likeness (QED) is 0.433.